The van der Waals surface area contributed by atoms with E-state index in [0.29, 0.717) is 39.8 Å². The minimum Gasteiger partial charge on any atom is -0.508 e. The molecule has 2 aliphatic carbocycles. The number of likely N-dealkylation sites (tertiary alicyclic amines) is 1. The van der Waals surface area contributed by atoms with Gasteiger partial charge < -0.3 is 14.6 Å². The molecule has 4 aliphatic rings. The van der Waals surface area contributed by atoms with Crippen molar-refractivity contribution in [1.29, 1.82) is 0 Å². The number of halogens is 2. The normalized spacial score (nSPS) is 28.1. The van der Waals surface area contributed by atoms with Gasteiger partial charge in [0, 0.05) is 29.6 Å². The van der Waals surface area contributed by atoms with Crippen molar-refractivity contribution in [2.45, 2.75) is 24.2 Å². The quantitative estimate of drug-likeness (QED) is 0.265. The van der Waals surface area contributed by atoms with Crippen LogP contribution >= 0.6 is 23.2 Å². The van der Waals surface area contributed by atoms with Crippen LogP contribution < -0.4 is 14.9 Å². The van der Waals surface area contributed by atoms with Crippen LogP contribution in [-0.2, 0) is 24.6 Å². The molecule has 0 radical (unpaired) electrons. The fourth-order valence-electron chi connectivity index (χ4n) is 8.28. The Morgan fingerprint density at radius 1 is 0.894 bits per heavy atom. The number of nitrogens with one attached hydrogen (secondary N) is 1. The molecule has 10 nitrogen and oxygen atoms in total. The van der Waals surface area contributed by atoms with Crippen molar-refractivity contribution in [2.75, 3.05) is 26.7 Å². The first-order chi connectivity index (χ1) is 22.5. The van der Waals surface area contributed by atoms with Gasteiger partial charge in [-0.2, -0.15) is 5.01 Å². The highest BCUT2D eigenvalue weighted by molar-refractivity contribution is 6.36. The number of nitrogens with zero attached hydrogens (tertiary/aromatic N) is 2. The molecule has 2 aliphatic heterocycles. The summed E-state index contributed by atoms with van der Waals surface area (Å²) in [4.78, 5) is 57.9. The van der Waals surface area contributed by atoms with Crippen molar-refractivity contribution in [3.63, 3.8) is 0 Å². The van der Waals surface area contributed by atoms with E-state index in [4.69, 9.17) is 32.7 Å². The highest BCUT2D eigenvalue weighted by atomic mass is 35.5. The van der Waals surface area contributed by atoms with Gasteiger partial charge >= 0.3 is 0 Å². The van der Waals surface area contributed by atoms with Gasteiger partial charge in [-0.1, -0.05) is 53.1 Å². The molecular formula is C35H31Cl2N3O7. The molecule has 6 unspecified atom stereocenters. The Labute approximate surface area is 280 Å². The highest BCUT2D eigenvalue weighted by Gasteiger charge is 2.70. The molecule has 47 heavy (non-hydrogen) atoms. The molecule has 4 amide bonds. The number of ether oxygens (including phenoxy) is 2. The van der Waals surface area contributed by atoms with Gasteiger partial charge in [-0.05, 0) is 60.7 Å². The van der Waals surface area contributed by atoms with Crippen molar-refractivity contribution in [3.05, 3.63) is 93.5 Å². The number of hydrazine groups is 1. The Bertz CT molecular complexity index is 1880. The van der Waals surface area contributed by atoms with Crippen molar-refractivity contribution in [3.8, 4) is 17.2 Å². The fraction of sp³-hybridized carbons (Fsp3) is 0.314. The van der Waals surface area contributed by atoms with Gasteiger partial charge in [0.25, 0.3) is 11.8 Å². The third-order valence-electron chi connectivity index (χ3n) is 10.3. The maximum absolute atomic E-state index is 15.2. The number of hydrogen-bond donors (Lipinski definition) is 2. The molecule has 1 saturated carbocycles. The van der Waals surface area contributed by atoms with Gasteiger partial charge in [0.1, 0.15) is 17.2 Å². The molecule has 3 fully saturated rings. The molecule has 242 valence electrons. The zero-order chi connectivity index (χ0) is 33.4. The fourth-order valence-corrected chi connectivity index (χ4v) is 8.73. The zero-order valence-electron chi connectivity index (χ0n) is 25.7. The number of amides is 4. The first-order valence-corrected chi connectivity index (χ1v) is 15.9. The molecular weight excluding hydrogens is 645 g/mol. The summed E-state index contributed by atoms with van der Waals surface area (Å²) >= 11 is 12.6. The van der Waals surface area contributed by atoms with Crippen LogP contribution in [0, 0.1) is 23.7 Å². The predicted molar refractivity (Wildman–Crippen MR) is 173 cm³/mol. The van der Waals surface area contributed by atoms with E-state index in [1.807, 2.05) is 6.08 Å². The summed E-state index contributed by atoms with van der Waals surface area (Å²) < 4.78 is 11.2. The summed E-state index contributed by atoms with van der Waals surface area (Å²) in [6, 6.07) is 16.4. The summed E-state index contributed by atoms with van der Waals surface area (Å²) in [6.07, 6.45) is 2.40. The number of fused-ring (bicyclic) bond motifs is 4. The number of benzene rings is 3. The van der Waals surface area contributed by atoms with Gasteiger partial charge in [0.2, 0.25) is 11.8 Å². The summed E-state index contributed by atoms with van der Waals surface area (Å²) in [5.41, 5.74) is 3.61. The van der Waals surface area contributed by atoms with E-state index in [-0.39, 0.29) is 29.0 Å². The average Bonchev–Trinajstić information content (AvgIpc) is 3.42. The van der Waals surface area contributed by atoms with E-state index >= 15 is 4.79 Å². The third-order valence-corrected chi connectivity index (χ3v) is 10.9. The Balaban J connectivity index is 1.50. The van der Waals surface area contributed by atoms with Crippen molar-refractivity contribution >= 4 is 52.5 Å². The second-order valence-electron chi connectivity index (χ2n) is 12.4. The van der Waals surface area contributed by atoms with E-state index in [1.54, 1.807) is 42.5 Å². The third kappa shape index (κ3) is 4.45. The molecule has 2 heterocycles. The number of phenols is 1. The van der Waals surface area contributed by atoms with Crippen molar-refractivity contribution in [1.82, 2.24) is 9.91 Å². The molecule has 7 rings (SSSR count). The largest absolute Gasteiger partial charge is 0.508 e. The molecule has 2 saturated heterocycles. The Kier molecular flexibility index (Phi) is 7.48. The number of carbonyl (C=O) groups excluding carboxylic acids is 4. The predicted octanol–water partition coefficient (Wildman–Crippen LogP) is 5.33. The number of carbonyl (C=O) groups is 4. The van der Waals surface area contributed by atoms with Gasteiger partial charge in [0.05, 0.1) is 48.1 Å². The number of phenolic OH excluding ortho intramolecular Hbond substituents is 1. The SMILES string of the molecule is COc1ccc(C23C(=O)N(Nc4ccc(Cl)cc4Cl)C(=O)C2CC2C(=CCC4C(=O)N(C)C(=O)C42)C3c2ccc(O)cc2OC)cc1. The summed E-state index contributed by atoms with van der Waals surface area (Å²) in [7, 11) is 4.49. The second kappa shape index (κ2) is 11.3. The molecule has 0 bridgehead atoms. The van der Waals surface area contributed by atoms with E-state index in [0.717, 1.165) is 10.6 Å². The van der Waals surface area contributed by atoms with Crippen molar-refractivity contribution in [2.24, 2.45) is 23.7 Å². The van der Waals surface area contributed by atoms with Gasteiger partial charge in [0.15, 0.2) is 0 Å². The zero-order valence-corrected chi connectivity index (χ0v) is 27.2. The maximum Gasteiger partial charge on any atom is 0.260 e. The van der Waals surface area contributed by atoms with Gasteiger partial charge in [-0.15, -0.1) is 0 Å². The van der Waals surface area contributed by atoms with E-state index < -0.39 is 46.8 Å². The van der Waals surface area contributed by atoms with Crippen LogP contribution in [-0.4, -0.2) is 59.9 Å². The molecule has 12 heteroatoms. The van der Waals surface area contributed by atoms with Crippen LogP contribution in [0.4, 0.5) is 5.69 Å². The first kappa shape index (κ1) is 31.1. The van der Waals surface area contributed by atoms with E-state index in [1.165, 1.54) is 44.4 Å². The van der Waals surface area contributed by atoms with Crippen LogP contribution in [0.5, 0.6) is 17.2 Å². The van der Waals surface area contributed by atoms with E-state index in [9.17, 15) is 19.5 Å². The topological polar surface area (TPSA) is 125 Å². The Hall–Kier alpha value is -4.54. The molecule has 0 aromatic heterocycles. The number of imide groups is 2. The van der Waals surface area contributed by atoms with E-state index in [2.05, 4.69) is 5.43 Å². The number of aromatic hydroxyl groups is 1. The van der Waals surface area contributed by atoms with Gasteiger partial charge in [-0.25, -0.2) is 0 Å². The molecule has 6 atom stereocenters. The lowest BCUT2D eigenvalue weighted by Crippen LogP contribution is -2.53. The molecule has 3 aromatic carbocycles. The minimum atomic E-state index is -1.54. The lowest BCUT2D eigenvalue weighted by Gasteiger charge is -2.50. The maximum atomic E-state index is 15.2. The number of allylic oxidation sites excluding steroid dienone is 2. The Morgan fingerprint density at radius 2 is 1.64 bits per heavy atom. The lowest BCUT2D eigenvalue weighted by atomic mass is 9.49. The minimum absolute atomic E-state index is 0.0432. The number of anilines is 1. The molecule has 3 aromatic rings. The lowest BCUT2D eigenvalue weighted by molar-refractivity contribution is -0.140. The van der Waals surface area contributed by atoms with Crippen LogP contribution in [0.25, 0.3) is 0 Å². The van der Waals surface area contributed by atoms with Crippen LogP contribution in [0.15, 0.2) is 72.3 Å². The van der Waals surface area contributed by atoms with Crippen molar-refractivity contribution < 1.29 is 33.8 Å². The Morgan fingerprint density at radius 3 is 2.32 bits per heavy atom. The molecule has 2 N–H and O–H groups in total. The summed E-state index contributed by atoms with van der Waals surface area (Å²) in [5, 5.41) is 12.0. The summed E-state index contributed by atoms with van der Waals surface area (Å²) in [5.74, 6) is -4.34. The first-order valence-electron chi connectivity index (χ1n) is 15.2. The monoisotopic (exact) mass is 675 g/mol. The van der Waals surface area contributed by atoms with Crippen LogP contribution in [0.1, 0.15) is 29.9 Å². The second-order valence-corrected chi connectivity index (χ2v) is 13.2. The smallest absolute Gasteiger partial charge is 0.260 e. The molecule has 0 spiro atoms. The number of rotatable bonds is 6. The van der Waals surface area contributed by atoms with Gasteiger partial charge in [-0.3, -0.25) is 29.5 Å². The highest BCUT2D eigenvalue weighted by Crippen LogP contribution is 2.65. The van der Waals surface area contributed by atoms with Crippen LogP contribution in [0.3, 0.4) is 0 Å². The van der Waals surface area contributed by atoms with Crippen LogP contribution in [0.2, 0.25) is 10.0 Å². The number of hydrogen-bond acceptors (Lipinski definition) is 8. The average molecular weight is 677 g/mol. The standard InChI is InChI=1S/C35H31Cl2N3O7/c1-39-31(42)23-12-11-21-24(29(23)33(39)44)16-25-32(43)40(38-27-13-6-18(36)14-26(27)37)34(45)35(25,17-4-8-20(46-2)9-5-17)30(21)22-10-7-19(41)15-28(22)47-3/h4-11,13-15,23-25,29-30,38,41H,12,16H2,1-3H3. The summed E-state index contributed by atoms with van der Waals surface area (Å²) in [6.45, 7) is 0. The number of methoxy groups -OCH3 is 2.